The summed E-state index contributed by atoms with van der Waals surface area (Å²) >= 11 is 1.37. The molecule has 0 aliphatic carbocycles. The maximum Gasteiger partial charge on any atom is 0.305 e. The lowest BCUT2D eigenvalue weighted by Gasteiger charge is -2.09. The summed E-state index contributed by atoms with van der Waals surface area (Å²) in [5, 5.41) is 3.26. The molecule has 0 heterocycles. The van der Waals surface area contributed by atoms with Crippen LogP contribution in [0.25, 0.3) is 0 Å². The van der Waals surface area contributed by atoms with Crippen LogP contribution in [0.3, 0.4) is 0 Å². The predicted molar refractivity (Wildman–Crippen MR) is 108 cm³/mol. The number of amides is 1. The highest BCUT2D eigenvalue weighted by Crippen LogP contribution is 2.18. The topological polar surface area (TPSA) is 72.5 Å². The molecule has 0 aromatic heterocycles. The Kier molecular flexibility index (Phi) is 13.4. The van der Waals surface area contributed by atoms with Crippen molar-refractivity contribution in [2.45, 2.75) is 65.0 Å². The van der Waals surface area contributed by atoms with Gasteiger partial charge in [0.25, 0.3) is 0 Å². The second kappa shape index (κ2) is 14.4. The van der Waals surface area contributed by atoms with Crippen LogP contribution < -0.4 is 5.32 Å². The van der Waals surface area contributed by atoms with E-state index in [-0.39, 0.29) is 29.8 Å². The minimum atomic E-state index is -0.302. The number of methoxy groups -OCH3 is 1. The molecule has 6 heteroatoms. The monoisotopic (exact) mass is 381 g/mol. The zero-order valence-corrected chi connectivity index (χ0v) is 17.3. The lowest BCUT2D eigenvalue weighted by Crippen LogP contribution is -2.12. The van der Waals surface area contributed by atoms with E-state index in [0.29, 0.717) is 11.7 Å². The van der Waals surface area contributed by atoms with Gasteiger partial charge in [-0.3, -0.25) is 14.4 Å². The molecule has 0 saturated heterocycles. The Morgan fingerprint density at radius 1 is 1.12 bits per heavy atom. The first-order chi connectivity index (χ1) is 12.4. The van der Waals surface area contributed by atoms with E-state index in [2.05, 4.69) is 17.0 Å². The van der Waals surface area contributed by atoms with Gasteiger partial charge in [-0.25, -0.2) is 0 Å². The van der Waals surface area contributed by atoms with Gasteiger partial charge in [0, 0.05) is 30.7 Å². The number of hydrogen-bond acceptors (Lipinski definition) is 5. The molecule has 0 radical (unpaired) electrons. The third-order valence-electron chi connectivity index (χ3n) is 3.46. The van der Waals surface area contributed by atoms with Gasteiger partial charge in [0.15, 0.2) is 5.12 Å². The number of carbonyl (C=O) groups excluding carboxylic acids is 3. The van der Waals surface area contributed by atoms with Crippen LogP contribution in [-0.2, 0) is 25.5 Å². The van der Waals surface area contributed by atoms with Gasteiger partial charge in [-0.15, -0.1) is 0 Å². The zero-order chi connectivity index (χ0) is 19.9. The van der Waals surface area contributed by atoms with Crippen molar-refractivity contribution in [2.24, 2.45) is 0 Å². The average molecular weight is 382 g/mol. The van der Waals surface area contributed by atoms with Gasteiger partial charge in [-0.2, -0.15) is 0 Å². The quantitative estimate of drug-likeness (QED) is 0.633. The molecule has 0 saturated carbocycles. The van der Waals surface area contributed by atoms with Crippen LogP contribution in [0.15, 0.2) is 24.3 Å². The van der Waals surface area contributed by atoms with Crippen molar-refractivity contribution >= 4 is 34.4 Å². The molecule has 1 N–H and O–H groups in total. The van der Waals surface area contributed by atoms with Crippen molar-refractivity contribution in [1.29, 1.82) is 0 Å². The standard InChI is InChI=1S/C18H25NO4S.C2H6/c1-13(24-14(2)20)7-8-15-9-11-16(12-10-15)19-17(21)5-4-6-18(22)23-3;1-2/h9-13H,4-8H2,1-3H3,(H,19,21);1-2H3. The van der Waals surface area contributed by atoms with Gasteiger partial charge in [-0.1, -0.05) is 44.7 Å². The highest BCUT2D eigenvalue weighted by atomic mass is 32.2. The van der Waals surface area contributed by atoms with Crippen molar-refractivity contribution in [1.82, 2.24) is 0 Å². The molecule has 1 unspecified atom stereocenters. The van der Waals surface area contributed by atoms with E-state index in [0.717, 1.165) is 18.5 Å². The summed E-state index contributed by atoms with van der Waals surface area (Å²) in [7, 11) is 1.34. The Labute approximate surface area is 161 Å². The van der Waals surface area contributed by atoms with Gasteiger partial charge in [-0.05, 0) is 37.0 Å². The van der Waals surface area contributed by atoms with Crippen molar-refractivity contribution in [2.75, 3.05) is 12.4 Å². The van der Waals surface area contributed by atoms with Crippen LogP contribution in [0.4, 0.5) is 5.69 Å². The van der Waals surface area contributed by atoms with E-state index in [1.807, 2.05) is 38.1 Å². The Bertz CT molecular complexity index is 557. The van der Waals surface area contributed by atoms with Crippen molar-refractivity contribution < 1.29 is 19.1 Å². The van der Waals surface area contributed by atoms with Crippen LogP contribution in [0.1, 0.15) is 58.9 Å². The number of ether oxygens (including phenoxy) is 1. The fourth-order valence-electron chi connectivity index (χ4n) is 2.19. The molecule has 1 aromatic carbocycles. The van der Waals surface area contributed by atoms with Gasteiger partial charge in [0.1, 0.15) is 0 Å². The van der Waals surface area contributed by atoms with Gasteiger partial charge >= 0.3 is 5.97 Å². The molecule has 0 spiro atoms. The molecule has 0 aliphatic rings. The SMILES string of the molecule is CC.COC(=O)CCCC(=O)Nc1ccc(CCC(C)SC(C)=O)cc1. The Hall–Kier alpha value is -1.82. The number of rotatable bonds is 9. The molecule has 1 atom stereocenters. The van der Waals surface area contributed by atoms with E-state index in [4.69, 9.17) is 0 Å². The van der Waals surface area contributed by atoms with E-state index in [1.165, 1.54) is 24.4 Å². The highest BCUT2D eigenvalue weighted by Gasteiger charge is 2.08. The highest BCUT2D eigenvalue weighted by molar-refractivity contribution is 8.14. The van der Waals surface area contributed by atoms with Crippen molar-refractivity contribution in [3.05, 3.63) is 29.8 Å². The number of hydrogen-bond donors (Lipinski definition) is 1. The Balaban J connectivity index is 0.00000301. The number of benzene rings is 1. The lowest BCUT2D eigenvalue weighted by atomic mass is 10.1. The van der Waals surface area contributed by atoms with E-state index < -0.39 is 0 Å². The molecule has 1 rings (SSSR count). The third-order valence-corrected chi connectivity index (χ3v) is 4.43. The van der Waals surface area contributed by atoms with Crippen LogP contribution in [0.2, 0.25) is 0 Å². The van der Waals surface area contributed by atoms with Crippen molar-refractivity contribution in [3.8, 4) is 0 Å². The van der Waals surface area contributed by atoms with Crippen LogP contribution in [0, 0.1) is 0 Å². The number of nitrogens with one attached hydrogen (secondary N) is 1. The summed E-state index contributed by atoms with van der Waals surface area (Å²) in [6, 6.07) is 7.71. The molecule has 1 aromatic rings. The van der Waals surface area contributed by atoms with Crippen LogP contribution in [0.5, 0.6) is 0 Å². The predicted octanol–water partition coefficient (Wildman–Crippen LogP) is 4.60. The minimum absolute atomic E-state index is 0.113. The first-order valence-electron chi connectivity index (χ1n) is 9.03. The number of esters is 1. The molecule has 26 heavy (non-hydrogen) atoms. The van der Waals surface area contributed by atoms with E-state index in [1.54, 1.807) is 6.92 Å². The fraction of sp³-hybridized carbons (Fsp3) is 0.550. The Morgan fingerprint density at radius 2 is 1.73 bits per heavy atom. The zero-order valence-electron chi connectivity index (χ0n) is 16.5. The summed E-state index contributed by atoms with van der Waals surface area (Å²) in [6.07, 6.45) is 2.84. The van der Waals surface area contributed by atoms with Crippen molar-refractivity contribution in [3.63, 3.8) is 0 Å². The molecule has 5 nitrogen and oxygen atoms in total. The second-order valence-electron chi connectivity index (χ2n) is 5.63. The maximum absolute atomic E-state index is 11.8. The summed E-state index contributed by atoms with van der Waals surface area (Å²) in [5.41, 5.74) is 1.92. The van der Waals surface area contributed by atoms with E-state index >= 15 is 0 Å². The number of thioether (sulfide) groups is 1. The fourth-order valence-corrected chi connectivity index (χ4v) is 2.99. The molecule has 0 aliphatic heterocycles. The normalized spacial score (nSPS) is 11.0. The summed E-state index contributed by atoms with van der Waals surface area (Å²) in [5.74, 6) is -0.414. The molecule has 146 valence electrons. The third kappa shape index (κ3) is 11.7. The lowest BCUT2D eigenvalue weighted by molar-refractivity contribution is -0.140. The largest absolute Gasteiger partial charge is 0.469 e. The molecule has 0 fully saturated rings. The van der Waals surface area contributed by atoms with Gasteiger partial charge < -0.3 is 10.1 Å². The van der Waals surface area contributed by atoms with Gasteiger partial charge in [0.2, 0.25) is 5.91 Å². The van der Waals surface area contributed by atoms with Crippen LogP contribution in [-0.4, -0.2) is 29.4 Å². The molecule has 0 bridgehead atoms. The average Bonchev–Trinajstić information content (AvgIpc) is 2.62. The molecular weight excluding hydrogens is 350 g/mol. The summed E-state index contributed by atoms with van der Waals surface area (Å²) in [6.45, 7) is 7.64. The number of anilines is 1. The Morgan fingerprint density at radius 3 is 2.27 bits per heavy atom. The first-order valence-corrected chi connectivity index (χ1v) is 9.91. The summed E-state index contributed by atoms with van der Waals surface area (Å²) < 4.78 is 4.53. The van der Waals surface area contributed by atoms with Crippen LogP contribution >= 0.6 is 11.8 Å². The molecular formula is C20H31NO4S. The maximum atomic E-state index is 11.8. The molecule has 1 amide bonds. The first kappa shape index (κ1) is 24.2. The number of aryl methyl sites for hydroxylation is 1. The van der Waals surface area contributed by atoms with E-state index in [9.17, 15) is 14.4 Å². The number of carbonyl (C=O) groups is 3. The van der Waals surface area contributed by atoms with Gasteiger partial charge in [0.05, 0.1) is 7.11 Å². The minimum Gasteiger partial charge on any atom is -0.469 e. The second-order valence-corrected chi connectivity index (χ2v) is 7.25. The summed E-state index contributed by atoms with van der Waals surface area (Å²) in [4.78, 5) is 33.8. The smallest absolute Gasteiger partial charge is 0.305 e.